The molecule has 0 aliphatic heterocycles. The molecule has 1 saturated carbocycles. The van der Waals surface area contributed by atoms with Crippen molar-refractivity contribution in [3.63, 3.8) is 0 Å². The molecular formula is C28H26ClF2N7O2. The smallest absolute Gasteiger partial charge is 0.323 e. The number of imidazole rings is 1. The number of rotatable bonds is 6. The van der Waals surface area contributed by atoms with Crippen molar-refractivity contribution in [2.75, 3.05) is 0 Å². The van der Waals surface area contributed by atoms with Gasteiger partial charge >= 0.3 is 5.76 Å². The number of hydrogen-bond acceptors (Lipinski definition) is 7. The standard InChI is InChI=1S/C28H26ClF2N7O2/c1-15-5-7-16(8-6-15)14-38-23-20(35-26(38)28(2,31)24-19(30)4-3-9-33-24)11-21(25-36-27(39)40-37-25)34-22(23)17-10-18(29)13-32-12-17/h3-4,9-13,15-16H,5-8,14H2,1-2H3,(H,36,37,39)/t15-,16-,28-/m1/s1. The minimum Gasteiger partial charge on any atom is -0.323 e. The van der Waals surface area contributed by atoms with Gasteiger partial charge in [0.05, 0.1) is 21.7 Å². The molecule has 206 valence electrons. The highest BCUT2D eigenvalue weighted by Gasteiger charge is 2.40. The molecule has 0 amide bonds. The first kappa shape index (κ1) is 26.2. The van der Waals surface area contributed by atoms with E-state index in [4.69, 9.17) is 21.6 Å². The number of nitrogens with zero attached hydrogens (tertiary/aromatic N) is 6. The number of aromatic nitrogens is 7. The summed E-state index contributed by atoms with van der Waals surface area (Å²) < 4.78 is 38.2. The van der Waals surface area contributed by atoms with Crippen LogP contribution in [0.5, 0.6) is 0 Å². The molecule has 1 atom stereocenters. The fourth-order valence-corrected chi connectivity index (χ4v) is 5.68. The van der Waals surface area contributed by atoms with E-state index in [0.717, 1.165) is 25.7 Å². The van der Waals surface area contributed by atoms with Crippen LogP contribution in [0.15, 0.2) is 52.2 Å². The van der Waals surface area contributed by atoms with Crippen molar-refractivity contribution in [2.24, 2.45) is 11.8 Å². The van der Waals surface area contributed by atoms with Crippen LogP contribution in [-0.4, -0.2) is 34.6 Å². The zero-order chi connectivity index (χ0) is 28.0. The van der Waals surface area contributed by atoms with Crippen LogP contribution in [0.25, 0.3) is 33.8 Å². The lowest BCUT2D eigenvalue weighted by Gasteiger charge is -2.29. The van der Waals surface area contributed by atoms with Crippen LogP contribution in [0.3, 0.4) is 0 Å². The van der Waals surface area contributed by atoms with Crippen molar-refractivity contribution >= 4 is 22.6 Å². The van der Waals surface area contributed by atoms with E-state index >= 15 is 4.39 Å². The number of H-pyrrole nitrogens is 1. The van der Waals surface area contributed by atoms with E-state index in [1.165, 1.54) is 31.5 Å². The highest BCUT2D eigenvalue weighted by molar-refractivity contribution is 6.30. The number of aromatic amines is 1. The SMILES string of the molecule is C[C@@](F)(c1ncccc1F)c1nc2cc(-c3noc(=O)[nH]3)nc(-c3cncc(Cl)c3)c2n1C[C@H]1CC[C@H](C)CC1. The predicted molar refractivity (Wildman–Crippen MR) is 145 cm³/mol. The largest absolute Gasteiger partial charge is 0.439 e. The molecule has 0 bridgehead atoms. The van der Waals surface area contributed by atoms with Gasteiger partial charge in [-0.1, -0.05) is 36.5 Å². The van der Waals surface area contributed by atoms with Gasteiger partial charge in [0.2, 0.25) is 11.5 Å². The molecule has 1 fully saturated rings. The van der Waals surface area contributed by atoms with Crippen molar-refractivity contribution in [3.8, 4) is 22.8 Å². The molecule has 1 N–H and O–H groups in total. The van der Waals surface area contributed by atoms with Gasteiger partial charge in [-0.15, -0.1) is 0 Å². The first-order valence-electron chi connectivity index (χ1n) is 13.1. The summed E-state index contributed by atoms with van der Waals surface area (Å²) in [6, 6.07) is 5.88. The highest BCUT2D eigenvalue weighted by Crippen LogP contribution is 2.40. The highest BCUT2D eigenvalue weighted by atomic mass is 35.5. The third-order valence-electron chi connectivity index (χ3n) is 7.59. The summed E-state index contributed by atoms with van der Waals surface area (Å²) in [5.41, 5.74) is -0.607. The Morgan fingerprint density at radius 1 is 1.20 bits per heavy atom. The number of fused-ring (bicyclic) bond motifs is 1. The first-order valence-corrected chi connectivity index (χ1v) is 13.5. The van der Waals surface area contributed by atoms with Gasteiger partial charge in [-0.2, -0.15) is 0 Å². The van der Waals surface area contributed by atoms with Crippen LogP contribution in [0.4, 0.5) is 8.78 Å². The lowest BCUT2D eigenvalue weighted by Crippen LogP contribution is -2.28. The topological polar surface area (TPSA) is 115 Å². The van der Waals surface area contributed by atoms with E-state index in [-0.39, 0.29) is 29.0 Å². The monoisotopic (exact) mass is 565 g/mol. The van der Waals surface area contributed by atoms with E-state index in [1.54, 1.807) is 22.9 Å². The fourth-order valence-electron chi connectivity index (χ4n) is 5.50. The van der Waals surface area contributed by atoms with E-state index < -0.39 is 17.2 Å². The zero-order valence-corrected chi connectivity index (χ0v) is 22.6. The molecular weight excluding hydrogens is 540 g/mol. The third kappa shape index (κ3) is 4.78. The van der Waals surface area contributed by atoms with Crippen LogP contribution in [0, 0.1) is 17.7 Å². The molecule has 6 rings (SSSR count). The van der Waals surface area contributed by atoms with Crippen LogP contribution in [-0.2, 0) is 12.2 Å². The van der Waals surface area contributed by atoms with Gasteiger partial charge in [0.15, 0.2) is 5.82 Å². The Labute approximate surface area is 232 Å². The quantitative estimate of drug-likeness (QED) is 0.265. The zero-order valence-electron chi connectivity index (χ0n) is 21.9. The average Bonchev–Trinajstić information content (AvgIpc) is 3.53. The van der Waals surface area contributed by atoms with Crippen molar-refractivity contribution in [2.45, 2.75) is 51.7 Å². The second-order valence-corrected chi connectivity index (χ2v) is 11.0. The molecule has 5 aromatic rings. The van der Waals surface area contributed by atoms with Gasteiger partial charge in [-0.25, -0.2) is 23.5 Å². The van der Waals surface area contributed by atoms with Gasteiger partial charge in [-0.05, 0) is 55.9 Å². The van der Waals surface area contributed by atoms with E-state index in [2.05, 4.69) is 31.6 Å². The van der Waals surface area contributed by atoms with Crippen LogP contribution in [0.1, 0.15) is 51.0 Å². The van der Waals surface area contributed by atoms with Gasteiger partial charge in [-0.3, -0.25) is 19.5 Å². The molecule has 5 aromatic heterocycles. The second kappa shape index (κ2) is 10.2. The molecule has 1 aliphatic carbocycles. The summed E-state index contributed by atoms with van der Waals surface area (Å²) in [5.74, 6) is -0.542. The maximum Gasteiger partial charge on any atom is 0.439 e. The number of alkyl halides is 1. The molecule has 9 nitrogen and oxygen atoms in total. The van der Waals surface area contributed by atoms with Crippen LogP contribution >= 0.6 is 11.6 Å². The minimum absolute atomic E-state index is 0.00237. The van der Waals surface area contributed by atoms with Crippen molar-refractivity contribution in [3.05, 3.63) is 75.8 Å². The Hall–Kier alpha value is -3.99. The van der Waals surface area contributed by atoms with Gasteiger partial charge in [0.1, 0.15) is 17.2 Å². The summed E-state index contributed by atoms with van der Waals surface area (Å²) in [6.07, 6.45) is 8.53. The molecule has 0 aromatic carbocycles. The number of halogens is 3. The van der Waals surface area contributed by atoms with E-state index in [1.807, 2.05) is 0 Å². The molecule has 40 heavy (non-hydrogen) atoms. The Kier molecular flexibility index (Phi) is 6.69. The van der Waals surface area contributed by atoms with E-state index in [9.17, 15) is 9.18 Å². The summed E-state index contributed by atoms with van der Waals surface area (Å²) >= 11 is 6.29. The van der Waals surface area contributed by atoms with Crippen LogP contribution in [0.2, 0.25) is 5.02 Å². The molecule has 12 heteroatoms. The number of pyridine rings is 3. The Bertz CT molecular complexity index is 1760. The molecule has 1 aliphatic rings. The van der Waals surface area contributed by atoms with Crippen LogP contribution < -0.4 is 5.76 Å². The normalized spacial score (nSPS) is 19.1. The van der Waals surface area contributed by atoms with E-state index in [0.29, 0.717) is 39.8 Å². The maximum absolute atomic E-state index is 16.8. The van der Waals surface area contributed by atoms with Crippen molar-refractivity contribution in [1.29, 1.82) is 0 Å². The average molecular weight is 566 g/mol. The molecule has 0 radical (unpaired) electrons. The summed E-state index contributed by atoms with van der Waals surface area (Å²) in [4.78, 5) is 32.0. The lowest BCUT2D eigenvalue weighted by molar-refractivity contribution is 0.203. The van der Waals surface area contributed by atoms with Crippen molar-refractivity contribution < 1.29 is 13.3 Å². The number of nitrogens with one attached hydrogen (secondary N) is 1. The van der Waals surface area contributed by atoms with Gasteiger partial charge in [0, 0.05) is 30.7 Å². The number of hydrogen-bond donors (Lipinski definition) is 1. The molecule has 0 unspecified atom stereocenters. The van der Waals surface area contributed by atoms with Crippen molar-refractivity contribution in [1.82, 2.24) is 34.6 Å². The Morgan fingerprint density at radius 3 is 2.70 bits per heavy atom. The summed E-state index contributed by atoms with van der Waals surface area (Å²) in [7, 11) is 0. The maximum atomic E-state index is 16.8. The minimum atomic E-state index is -2.38. The fraction of sp³-hybridized carbons (Fsp3) is 0.357. The third-order valence-corrected chi connectivity index (χ3v) is 7.79. The van der Waals surface area contributed by atoms with Gasteiger partial charge in [0.25, 0.3) is 0 Å². The molecule has 0 saturated heterocycles. The molecule has 5 heterocycles. The van der Waals surface area contributed by atoms with Gasteiger partial charge < -0.3 is 4.57 Å². The Morgan fingerprint density at radius 2 is 2.00 bits per heavy atom. The Balaban J connectivity index is 1.64. The second-order valence-electron chi connectivity index (χ2n) is 10.6. The predicted octanol–water partition coefficient (Wildman–Crippen LogP) is 6.08. The molecule has 0 spiro atoms. The summed E-state index contributed by atoms with van der Waals surface area (Å²) in [6.45, 7) is 3.96. The first-order chi connectivity index (χ1) is 19.2. The lowest BCUT2D eigenvalue weighted by atomic mass is 9.83. The summed E-state index contributed by atoms with van der Waals surface area (Å²) in [5, 5.41) is 4.15.